The van der Waals surface area contributed by atoms with Crippen LogP contribution in [0, 0.1) is 5.92 Å². The van der Waals surface area contributed by atoms with E-state index in [1.165, 1.54) is 0 Å². The van der Waals surface area contributed by atoms with Gasteiger partial charge in [-0.2, -0.15) is 0 Å². The van der Waals surface area contributed by atoms with E-state index in [9.17, 15) is 14.4 Å². The molecule has 0 aliphatic carbocycles. The first-order valence-corrected chi connectivity index (χ1v) is 9.28. The second-order valence-electron chi connectivity index (χ2n) is 5.94. The average molecular weight is 411 g/mol. The van der Waals surface area contributed by atoms with E-state index in [-0.39, 0.29) is 36.7 Å². The third kappa shape index (κ3) is 5.85. The minimum absolute atomic E-state index is 0.0508. The van der Waals surface area contributed by atoms with Gasteiger partial charge in [-0.1, -0.05) is 15.9 Å². The summed E-state index contributed by atoms with van der Waals surface area (Å²) in [6, 6.07) is 7.03. The molecule has 1 aliphatic heterocycles. The minimum Gasteiger partial charge on any atom is -0.466 e. The maximum atomic E-state index is 12.3. The van der Waals surface area contributed by atoms with Crippen LogP contribution < -0.4 is 5.32 Å². The largest absolute Gasteiger partial charge is 0.466 e. The fourth-order valence-electron chi connectivity index (χ4n) is 2.80. The minimum atomic E-state index is -0.241. The Morgan fingerprint density at radius 2 is 2.00 bits per heavy atom. The highest BCUT2D eigenvalue weighted by Gasteiger charge is 2.29. The number of nitrogens with zero attached hydrogens (tertiary/aromatic N) is 1. The van der Waals surface area contributed by atoms with Crippen LogP contribution >= 0.6 is 15.9 Å². The Bertz CT molecular complexity index is 618. The Morgan fingerprint density at radius 3 is 2.68 bits per heavy atom. The molecule has 7 heteroatoms. The van der Waals surface area contributed by atoms with Crippen LogP contribution in [-0.4, -0.2) is 48.9 Å². The molecule has 1 aromatic rings. The topological polar surface area (TPSA) is 75.7 Å². The molecule has 1 heterocycles. The molecule has 1 fully saturated rings. The van der Waals surface area contributed by atoms with E-state index in [2.05, 4.69) is 21.2 Å². The van der Waals surface area contributed by atoms with Crippen LogP contribution in [0.25, 0.3) is 0 Å². The van der Waals surface area contributed by atoms with E-state index in [1.54, 1.807) is 36.1 Å². The molecule has 25 heavy (non-hydrogen) atoms. The number of halogens is 1. The highest BCUT2D eigenvalue weighted by atomic mass is 79.9. The fourth-order valence-corrected chi connectivity index (χ4v) is 3.06. The molecule has 0 aromatic heterocycles. The summed E-state index contributed by atoms with van der Waals surface area (Å²) in [5.41, 5.74) is 0.552. The number of benzene rings is 1. The van der Waals surface area contributed by atoms with E-state index in [1.807, 2.05) is 0 Å². The van der Waals surface area contributed by atoms with Crippen molar-refractivity contribution in [2.45, 2.75) is 26.2 Å². The zero-order valence-electron chi connectivity index (χ0n) is 14.3. The molecule has 0 bridgehead atoms. The van der Waals surface area contributed by atoms with E-state index in [0.717, 1.165) is 17.3 Å². The van der Waals surface area contributed by atoms with E-state index in [0.29, 0.717) is 25.3 Å². The fraction of sp³-hybridized carbons (Fsp3) is 0.500. The zero-order valence-corrected chi connectivity index (χ0v) is 15.9. The maximum absolute atomic E-state index is 12.3. The molecule has 2 amide bonds. The number of nitrogens with one attached hydrogen (secondary N) is 1. The second-order valence-corrected chi connectivity index (χ2v) is 6.86. The predicted molar refractivity (Wildman–Crippen MR) is 97.0 cm³/mol. The van der Waals surface area contributed by atoms with Crippen molar-refractivity contribution in [3.05, 3.63) is 34.3 Å². The standard InChI is InChI=1S/C18H23BrN2O4/c1-2-25-18(24)14-4-3-11-21(12-14)16(22)9-10-20-17(23)13-5-7-15(19)8-6-13/h5-8,14H,2-4,9-12H2,1H3,(H,20,23). The Morgan fingerprint density at radius 1 is 1.28 bits per heavy atom. The summed E-state index contributed by atoms with van der Waals surface area (Å²) in [5, 5.41) is 2.75. The van der Waals surface area contributed by atoms with Gasteiger partial charge < -0.3 is 15.0 Å². The molecule has 0 saturated carbocycles. The van der Waals surface area contributed by atoms with Crippen LogP contribution in [0.2, 0.25) is 0 Å². The first-order valence-electron chi connectivity index (χ1n) is 8.49. The van der Waals surface area contributed by atoms with Gasteiger partial charge in [-0.05, 0) is 44.0 Å². The zero-order chi connectivity index (χ0) is 18.2. The number of hydrogen-bond acceptors (Lipinski definition) is 4. The Kier molecular flexibility index (Phi) is 7.43. The van der Waals surface area contributed by atoms with Crippen LogP contribution in [0.15, 0.2) is 28.7 Å². The molecular formula is C18H23BrN2O4. The number of esters is 1. The Balaban J connectivity index is 1.76. The SMILES string of the molecule is CCOC(=O)C1CCCN(C(=O)CCNC(=O)c2ccc(Br)cc2)C1. The Hall–Kier alpha value is -1.89. The number of ether oxygens (including phenoxy) is 1. The van der Waals surface area contributed by atoms with Crippen LogP contribution in [0.4, 0.5) is 0 Å². The van der Waals surface area contributed by atoms with Gasteiger partial charge in [0.2, 0.25) is 5.91 Å². The van der Waals surface area contributed by atoms with Gasteiger partial charge in [-0.15, -0.1) is 0 Å². The summed E-state index contributed by atoms with van der Waals surface area (Å²) in [4.78, 5) is 37.8. The van der Waals surface area contributed by atoms with Crippen LogP contribution in [-0.2, 0) is 14.3 Å². The molecule has 1 aromatic carbocycles. The molecule has 1 aliphatic rings. The molecule has 0 spiro atoms. The molecule has 136 valence electrons. The van der Waals surface area contributed by atoms with Gasteiger partial charge >= 0.3 is 5.97 Å². The highest BCUT2D eigenvalue weighted by molar-refractivity contribution is 9.10. The molecule has 0 radical (unpaired) electrons. The van der Waals surface area contributed by atoms with Crippen molar-refractivity contribution in [2.75, 3.05) is 26.2 Å². The highest BCUT2D eigenvalue weighted by Crippen LogP contribution is 2.18. The lowest BCUT2D eigenvalue weighted by molar-refractivity contribution is -0.151. The van der Waals surface area contributed by atoms with Crippen molar-refractivity contribution in [1.29, 1.82) is 0 Å². The van der Waals surface area contributed by atoms with Gasteiger partial charge in [0.15, 0.2) is 0 Å². The molecule has 2 rings (SSSR count). The van der Waals surface area contributed by atoms with Crippen molar-refractivity contribution < 1.29 is 19.1 Å². The smallest absolute Gasteiger partial charge is 0.310 e. The van der Waals surface area contributed by atoms with Crippen molar-refractivity contribution >= 4 is 33.7 Å². The van der Waals surface area contributed by atoms with Crippen molar-refractivity contribution in [3.8, 4) is 0 Å². The quantitative estimate of drug-likeness (QED) is 0.730. The summed E-state index contributed by atoms with van der Waals surface area (Å²) in [5.74, 6) is -0.730. The summed E-state index contributed by atoms with van der Waals surface area (Å²) in [6.07, 6.45) is 1.77. The van der Waals surface area contributed by atoms with Gasteiger partial charge in [0.05, 0.1) is 12.5 Å². The average Bonchev–Trinajstić information content (AvgIpc) is 2.62. The van der Waals surface area contributed by atoms with Crippen molar-refractivity contribution in [3.63, 3.8) is 0 Å². The normalized spacial score (nSPS) is 17.0. The maximum Gasteiger partial charge on any atom is 0.310 e. The predicted octanol–water partition coefficient (Wildman–Crippen LogP) is 2.37. The molecule has 1 atom stereocenters. The van der Waals surface area contributed by atoms with Crippen LogP contribution in [0.3, 0.4) is 0 Å². The summed E-state index contributed by atoms with van der Waals surface area (Å²) >= 11 is 3.32. The number of amides is 2. The third-order valence-electron chi connectivity index (χ3n) is 4.12. The third-order valence-corrected chi connectivity index (χ3v) is 4.65. The van der Waals surface area contributed by atoms with Gasteiger partial charge in [-0.3, -0.25) is 14.4 Å². The first kappa shape index (κ1) is 19.4. The number of carbonyl (C=O) groups is 3. The molecule has 6 nitrogen and oxygen atoms in total. The number of carbonyl (C=O) groups excluding carboxylic acids is 3. The van der Waals surface area contributed by atoms with E-state index >= 15 is 0 Å². The van der Waals surface area contributed by atoms with Gasteiger partial charge in [0.25, 0.3) is 5.91 Å². The molecule has 1 saturated heterocycles. The Labute approximate surface area is 156 Å². The summed E-state index contributed by atoms with van der Waals surface area (Å²) in [6.45, 7) is 3.45. The first-order chi connectivity index (χ1) is 12.0. The number of likely N-dealkylation sites (tertiary alicyclic amines) is 1. The number of hydrogen-bond donors (Lipinski definition) is 1. The van der Waals surface area contributed by atoms with Crippen molar-refractivity contribution in [1.82, 2.24) is 10.2 Å². The lowest BCUT2D eigenvalue weighted by Gasteiger charge is -2.31. The monoisotopic (exact) mass is 410 g/mol. The van der Waals surface area contributed by atoms with E-state index in [4.69, 9.17) is 4.74 Å². The summed E-state index contributed by atoms with van der Waals surface area (Å²) < 4.78 is 5.95. The summed E-state index contributed by atoms with van der Waals surface area (Å²) in [7, 11) is 0. The lowest BCUT2D eigenvalue weighted by atomic mass is 9.98. The number of rotatable bonds is 6. The van der Waals surface area contributed by atoms with Crippen LogP contribution in [0.1, 0.15) is 36.5 Å². The lowest BCUT2D eigenvalue weighted by Crippen LogP contribution is -2.43. The van der Waals surface area contributed by atoms with Crippen molar-refractivity contribution in [2.24, 2.45) is 5.92 Å². The van der Waals surface area contributed by atoms with Gasteiger partial charge in [-0.25, -0.2) is 0 Å². The second kappa shape index (κ2) is 9.56. The molecule has 1 N–H and O–H groups in total. The molecular weight excluding hydrogens is 388 g/mol. The van der Waals surface area contributed by atoms with Gasteiger partial charge in [0.1, 0.15) is 0 Å². The van der Waals surface area contributed by atoms with Crippen LogP contribution in [0.5, 0.6) is 0 Å². The van der Waals surface area contributed by atoms with Gasteiger partial charge in [0, 0.05) is 36.1 Å². The number of piperidine rings is 1. The van der Waals surface area contributed by atoms with E-state index < -0.39 is 0 Å². The molecule has 1 unspecified atom stereocenters.